The first kappa shape index (κ1) is 16.5. The van der Waals surface area contributed by atoms with Crippen molar-refractivity contribution in [2.24, 2.45) is 0 Å². The van der Waals surface area contributed by atoms with Crippen LogP contribution in [0.1, 0.15) is 11.1 Å². The first-order chi connectivity index (χ1) is 11.8. The molecule has 124 valence electrons. The Labute approximate surface area is 147 Å². The Morgan fingerprint density at radius 1 is 0.875 bits per heavy atom. The summed E-state index contributed by atoms with van der Waals surface area (Å²) in [5.74, 6) is 1.98. The van der Waals surface area contributed by atoms with Crippen molar-refractivity contribution in [3.8, 4) is 22.6 Å². The number of hydrogen-bond donors (Lipinski definition) is 0. The summed E-state index contributed by atoms with van der Waals surface area (Å²) >= 11 is 6.19. The fraction of sp³-hybridized carbons (Fsp3) is 0.200. The summed E-state index contributed by atoms with van der Waals surface area (Å²) in [7, 11) is 3.33. The van der Waals surface area contributed by atoms with Gasteiger partial charge in [0.05, 0.1) is 19.8 Å². The summed E-state index contributed by atoms with van der Waals surface area (Å²) in [5.41, 5.74) is 4.27. The number of aromatic nitrogens is 1. The van der Waals surface area contributed by atoms with Crippen LogP contribution in [0.2, 0.25) is 0 Å². The lowest BCUT2D eigenvalue weighted by molar-refractivity contribution is 0.397. The van der Waals surface area contributed by atoms with E-state index in [1.165, 1.54) is 5.56 Å². The third-order valence-corrected chi connectivity index (χ3v) is 4.30. The highest BCUT2D eigenvalue weighted by molar-refractivity contribution is 6.17. The first-order valence-corrected chi connectivity index (χ1v) is 8.30. The van der Waals surface area contributed by atoms with Crippen LogP contribution >= 0.6 is 11.6 Å². The Morgan fingerprint density at radius 3 is 2.12 bits per heavy atom. The Balaban J connectivity index is 2.06. The predicted molar refractivity (Wildman–Crippen MR) is 98.1 cm³/mol. The highest BCUT2D eigenvalue weighted by Crippen LogP contribution is 2.40. The zero-order chi connectivity index (χ0) is 16.9. The molecule has 1 aromatic heterocycles. The highest BCUT2D eigenvalue weighted by Gasteiger charge is 2.17. The minimum Gasteiger partial charge on any atom is -0.496 e. The van der Waals surface area contributed by atoms with Crippen LogP contribution in [0.25, 0.3) is 11.1 Å². The second-order valence-electron chi connectivity index (χ2n) is 5.53. The monoisotopic (exact) mass is 341 g/mol. The van der Waals surface area contributed by atoms with Crippen LogP contribution in [0.4, 0.5) is 0 Å². The third-order valence-electron chi connectivity index (χ3n) is 4.01. The minimum atomic E-state index is 0.429. The molecule has 0 aliphatic carbocycles. The van der Waals surface area contributed by atoms with E-state index in [1.807, 2.05) is 36.4 Å². The van der Waals surface area contributed by atoms with E-state index in [9.17, 15) is 0 Å². The molecule has 3 rings (SSSR count). The number of alkyl halides is 1. The van der Waals surface area contributed by atoms with Crippen LogP contribution in [0.5, 0.6) is 11.5 Å². The van der Waals surface area contributed by atoms with Crippen molar-refractivity contribution in [2.45, 2.75) is 12.4 Å². The van der Waals surface area contributed by atoms with Crippen LogP contribution < -0.4 is 9.47 Å². The van der Waals surface area contributed by atoms with Crippen LogP contribution in [0.3, 0.4) is 0 Å². The summed E-state index contributed by atoms with van der Waals surface area (Å²) in [6.45, 7) is 0.794. The van der Waals surface area contributed by atoms with Gasteiger partial charge < -0.3 is 14.0 Å². The maximum atomic E-state index is 6.19. The van der Waals surface area contributed by atoms with Crippen LogP contribution in [-0.4, -0.2) is 18.8 Å². The molecule has 24 heavy (non-hydrogen) atoms. The molecule has 0 saturated heterocycles. The number of methoxy groups -OCH3 is 2. The standard InChI is InChI=1S/C20H20ClNO2/c1-23-18-9-6-10-19(24-2)20(18)17-14-22(13-16(17)11-21)12-15-7-4-3-5-8-15/h3-10,13-14H,11-12H2,1-2H3. The Morgan fingerprint density at radius 2 is 1.54 bits per heavy atom. The quantitative estimate of drug-likeness (QED) is 0.591. The molecule has 0 atom stereocenters. The third kappa shape index (κ3) is 3.26. The highest BCUT2D eigenvalue weighted by atomic mass is 35.5. The lowest BCUT2D eigenvalue weighted by atomic mass is 10.0. The van der Waals surface area contributed by atoms with Gasteiger partial charge in [-0.15, -0.1) is 11.6 Å². The minimum absolute atomic E-state index is 0.429. The number of nitrogens with zero attached hydrogens (tertiary/aromatic N) is 1. The van der Waals surface area contributed by atoms with Crippen LogP contribution in [-0.2, 0) is 12.4 Å². The molecule has 2 aromatic carbocycles. The summed E-state index contributed by atoms with van der Waals surface area (Å²) in [5, 5.41) is 0. The molecular formula is C20H20ClNO2. The molecule has 3 nitrogen and oxygen atoms in total. The molecule has 0 bridgehead atoms. The maximum Gasteiger partial charge on any atom is 0.130 e. The fourth-order valence-electron chi connectivity index (χ4n) is 2.89. The van der Waals surface area contributed by atoms with Crippen molar-refractivity contribution in [1.29, 1.82) is 0 Å². The maximum absolute atomic E-state index is 6.19. The Hall–Kier alpha value is -2.39. The fourth-order valence-corrected chi connectivity index (χ4v) is 3.10. The Bertz CT molecular complexity index is 790. The van der Waals surface area contributed by atoms with E-state index in [0.717, 1.165) is 34.7 Å². The summed E-state index contributed by atoms with van der Waals surface area (Å²) < 4.78 is 13.2. The summed E-state index contributed by atoms with van der Waals surface area (Å²) in [6.07, 6.45) is 4.19. The molecule has 1 heterocycles. The van der Waals surface area contributed by atoms with Gasteiger partial charge in [0.2, 0.25) is 0 Å². The molecule has 3 aromatic rings. The first-order valence-electron chi connectivity index (χ1n) is 7.76. The van der Waals surface area contributed by atoms with Gasteiger partial charge in [-0.2, -0.15) is 0 Å². The van der Waals surface area contributed by atoms with Gasteiger partial charge >= 0.3 is 0 Å². The molecule has 0 aliphatic heterocycles. The number of rotatable bonds is 6. The zero-order valence-electron chi connectivity index (χ0n) is 13.8. The van der Waals surface area contributed by atoms with Crippen molar-refractivity contribution in [3.63, 3.8) is 0 Å². The van der Waals surface area contributed by atoms with E-state index in [1.54, 1.807) is 14.2 Å². The van der Waals surface area contributed by atoms with E-state index < -0.39 is 0 Å². The average Bonchev–Trinajstić information content (AvgIpc) is 3.04. The van der Waals surface area contributed by atoms with Crippen molar-refractivity contribution in [1.82, 2.24) is 4.57 Å². The van der Waals surface area contributed by atoms with E-state index in [-0.39, 0.29) is 0 Å². The molecule has 0 spiro atoms. The molecular weight excluding hydrogens is 322 g/mol. The molecule has 0 aliphatic rings. The van der Waals surface area contributed by atoms with Crippen molar-refractivity contribution in [2.75, 3.05) is 14.2 Å². The van der Waals surface area contributed by atoms with Gasteiger partial charge in [-0.3, -0.25) is 0 Å². The van der Waals surface area contributed by atoms with Gasteiger partial charge in [0.25, 0.3) is 0 Å². The second kappa shape index (κ2) is 7.45. The summed E-state index contributed by atoms with van der Waals surface area (Å²) in [4.78, 5) is 0. The zero-order valence-corrected chi connectivity index (χ0v) is 14.6. The van der Waals surface area contributed by atoms with Crippen LogP contribution in [0, 0.1) is 0 Å². The molecule has 0 radical (unpaired) electrons. The van der Waals surface area contributed by atoms with Gasteiger partial charge in [0.15, 0.2) is 0 Å². The van der Waals surface area contributed by atoms with Gasteiger partial charge in [0, 0.05) is 30.4 Å². The second-order valence-corrected chi connectivity index (χ2v) is 5.79. The lowest BCUT2D eigenvalue weighted by Crippen LogP contribution is -1.96. The largest absolute Gasteiger partial charge is 0.496 e. The Kier molecular flexibility index (Phi) is 5.11. The van der Waals surface area contributed by atoms with E-state index in [4.69, 9.17) is 21.1 Å². The summed E-state index contributed by atoms with van der Waals surface area (Å²) in [6, 6.07) is 16.1. The number of ether oxygens (including phenoxy) is 2. The van der Waals surface area contributed by atoms with Crippen molar-refractivity contribution >= 4 is 11.6 Å². The van der Waals surface area contributed by atoms with E-state index in [0.29, 0.717) is 5.88 Å². The van der Waals surface area contributed by atoms with E-state index >= 15 is 0 Å². The average molecular weight is 342 g/mol. The molecule has 4 heteroatoms. The van der Waals surface area contributed by atoms with Crippen LogP contribution in [0.15, 0.2) is 60.9 Å². The topological polar surface area (TPSA) is 23.4 Å². The molecule has 0 amide bonds. The number of halogens is 1. The van der Waals surface area contributed by atoms with E-state index in [2.05, 4.69) is 29.1 Å². The molecule has 0 N–H and O–H groups in total. The SMILES string of the molecule is COc1cccc(OC)c1-c1cn(Cc2ccccc2)cc1CCl. The van der Waals surface area contributed by atoms with Gasteiger partial charge in [-0.25, -0.2) is 0 Å². The van der Waals surface area contributed by atoms with Gasteiger partial charge in [-0.1, -0.05) is 36.4 Å². The smallest absolute Gasteiger partial charge is 0.130 e. The normalized spacial score (nSPS) is 10.6. The van der Waals surface area contributed by atoms with Gasteiger partial charge in [0.1, 0.15) is 11.5 Å². The van der Waals surface area contributed by atoms with Gasteiger partial charge in [-0.05, 0) is 23.3 Å². The lowest BCUT2D eigenvalue weighted by Gasteiger charge is -2.13. The van der Waals surface area contributed by atoms with Crippen molar-refractivity contribution < 1.29 is 9.47 Å². The molecule has 0 unspecified atom stereocenters. The van der Waals surface area contributed by atoms with Crippen molar-refractivity contribution in [3.05, 3.63) is 72.1 Å². The number of hydrogen-bond acceptors (Lipinski definition) is 2. The number of benzene rings is 2. The molecule has 0 fully saturated rings. The molecule has 0 saturated carbocycles. The predicted octanol–water partition coefficient (Wildman–Crippen LogP) is 4.96.